The number of alkyl halides is 2. The van der Waals surface area contributed by atoms with Gasteiger partial charge >= 0.3 is 0 Å². The van der Waals surface area contributed by atoms with Crippen LogP contribution in [-0.2, 0) is 5.92 Å². The van der Waals surface area contributed by atoms with Crippen molar-refractivity contribution in [2.45, 2.75) is 25.0 Å². The standard InChI is InChI=1S/C16H18F2N2S/c1-12(2)21-20-11-16(17,18)15-7-5-13(6-8-15)14-4-3-9-19-10-14/h3-10,12,20H,11H2,1-2H3. The lowest BCUT2D eigenvalue weighted by molar-refractivity contribution is 0.00275. The van der Waals surface area contributed by atoms with E-state index in [1.807, 2.05) is 26.0 Å². The van der Waals surface area contributed by atoms with Gasteiger partial charge in [0.25, 0.3) is 5.92 Å². The Labute approximate surface area is 128 Å². The number of benzene rings is 1. The van der Waals surface area contributed by atoms with Crippen molar-refractivity contribution in [2.75, 3.05) is 6.54 Å². The maximum absolute atomic E-state index is 14.1. The van der Waals surface area contributed by atoms with Crippen LogP contribution in [0.15, 0.2) is 48.8 Å². The summed E-state index contributed by atoms with van der Waals surface area (Å²) in [6.07, 6.45) is 3.40. The number of nitrogens with one attached hydrogen (secondary N) is 1. The van der Waals surface area contributed by atoms with Crippen LogP contribution in [0, 0.1) is 0 Å². The SMILES string of the molecule is CC(C)SNCC(F)(F)c1ccc(-c2cccnc2)cc1. The summed E-state index contributed by atoms with van der Waals surface area (Å²) in [6.45, 7) is 3.54. The van der Waals surface area contributed by atoms with Gasteiger partial charge in [-0.1, -0.05) is 56.1 Å². The van der Waals surface area contributed by atoms with Crippen LogP contribution in [0.4, 0.5) is 8.78 Å². The lowest BCUT2D eigenvalue weighted by Gasteiger charge is -2.18. The van der Waals surface area contributed by atoms with Gasteiger partial charge in [0.1, 0.15) is 0 Å². The van der Waals surface area contributed by atoms with E-state index in [1.54, 1.807) is 24.5 Å². The second-order valence-electron chi connectivity index (χ2n) is 5.01. The smallest absolute Gasteiger partial charge is 0.264 e. The summed E-state index contributed by atoms with van der Waals surface area (Å²) in [7, 11) is 0. The maximum Gasteiger partial charge on any atom is 0.286 e. The van der Waals surface area contributed by atoms with E-state index in [4.69, 9.17) is 0 Å². The highest BCUT2D eigenvalue weighted by molar-refractivity contribution is 7.97. The molecule has 0 bridgehead atoms. The number of nitrogens with zero attached hydrogens (tertiary/aromatic N) is 1. The number of hydrogen-bond acceptors (Lipinski definition) is 3. The normalized spacial score (nSPS) is 11.9. The molecule has 2 nitrogen and oxygen atoms in total. The molecule has 0 amide bonds. The van der Waals surface area contributed by atoms with Crippen molar-refractivity contribution in [1.82, 2.24) is 9.71 Å². The average molecular weight is 308 g/mol. The summed E-state index contributed by atoms with van der Waals surface area (Å²) in [5, 5.41) is 0.272. The third-order valence-electron chi connectivity index (χ3n) is 2.92. The van der Waals surface area contributed by atoms with Gasteiger partial charge in [0, 0.05) is 23.2 Å². The van der Waals surface area contributed by atoms with Gasteiger partial charge in [0.2, 0.25) is 0 Å². The number of rotatable bonds is 6. The van der Waals surface area contributed by atoms with Crippen molar-refractivity contribution >= 4 is 11.9 Å². The summed E-state index contributed by atoms with van der Waals surface area (Å²) in [6, 6.07) is 10.1. The maximum atomic E-state index is 14.1. The molecule has 5 heteroatoms. The van der Waals surface area contributed by atoms with E-state index in [-0.39, 0.29) is 17.4 Å². The molecular formula is C16H18F2N2S. The second-order valence-corrected chi connectivity index (χ2v) is 6.48. The van der Waals surface area contributed by atoms with Gasteiger partial charge in [-0.15, -0.1) is 0 Å². The molecule has 0 aliphatic rings. The molecule has 0 aliphatic carbocycles. The van der Waals surface area contributed by atoms with E-state index in [0.717, 1.165) is 11.1 Å². The van der Waals surface area contributed by atoms with Gasteiger partial charge in [-0.25, -0.2) is 0 Å². The first-order valence-electron chi connectivity index (χ1n) is 6.76. The molecule has 1 N–H and O–H groups in total. The Morgan fingerprint density at radius 3 is 2.43 bits per heavy atom. The molecule has 0 spiro atoms. The van der Waals surface area contributed by atoms with Crippen LogP contribution < -0.4 is 4.72 Å². The Kier molecular flexibility index (Phi) is 5.31. The highest BCUT2D eigenvalue weighted by Crippen LogP contribution is 2.30. The Hall–Kier alpha value is -1.46. The molecule has 2 rings (SSSR count). The fourth-order valence-electron chi connectivity index (χ4n) is 1.84. The zero-order valence-corrected chi connectivity index (χ0v) is 12.8. The Balaban J connectivity index is 2.07. The van der Waals surface area contributed by atoms with Crippen molar-refractivity contribution in [3.05, 3.63) is 54.4 Å². The summed E-state index contributed by atoms with van der Waals surface area (Å²) < 4.78 is 30.8. The van der Waals surface area contributed by atoms with E-state index >= 15 is 0 Å². The lowest BCUT2D eigenvalue weighted by Crippen LogP contribution is -2.27. The van der Waals surface area contributed by atoms with Crippen LogP contribution in [0.3, 0.4) is 0 Å². The van der Waals surface area contributed by atoms with Crippen LogP contribution in [0.2, 0.25) is 0 Å². The molecule has 2 aromatic rings. The molecule has 0 aliphatic heterocycles. The van der Waals surface area contributed by atoms with Crippen molar-refractivity contribution in [2.24, 2.45) is 0 Å². The molecule has 0 unspecified atom stereocenters. The van der Waals surface area contributed by atoms with Crippen molar-refractivity contribution in [3.8, 4) is 11.1 Å². The summed E-state index contributed by atoms with van der Waals surface area (Å²) in [5.41, 5.74) is 1.82. The number of halogens is 2. The Bertz CT molecular complexity index is 556. The molecule has 0 saturated heterocycles. The third kappa shape index (κ3) is 4.51. The minimum absolute atomic E-state index is 0.0204. The van der Waals surface area contributed by atoms with Gasteiger partial charge in [-0.2, -0.15) is 8.78 Å². The third-order valence-corrected chi connectivity index (χ3v) is 3.70. The summed E-state index contributed by atoms with van der Waals surface area (Å²) >= 11 is 1.31. The van der Waals surface area contributed by atoms with E-state index in [9.17, 15) is 8.78 Å². The number of pyridine rings is 1. The fraction of sp³-hybridized carbons (Fsp3) is 0.312. The van der Waals surface area contributed by atoms with Crippen LogP contribution in [0.1, 0.15) is 19.4 Å². The zero-order valence-electron chi connectivity index (χ0n) is 12.0. The minimum Gasteiger partial charge on any atom is -0.264 e. The lowest BCUT2D eigenvalue weighted by atomic mass is 10.0. The summed E-state index contributed by atoms with van der Waals surface area (Å²) in [5.74, 6) is -2.88. The fourth-order valence-corrected chi connectivity index (χ4v) is 2.44. The highest BCUT2D eigenvalue weighted by Gasteiger charge is 2.31. The molecular weight excluding hydrogens is 290 g/mol. The number of aromatic nitrogens is 1. The molecule has 1 heterocycles. The van der Waals surface area contributed by atoms with Gasteiger partial charge < -0.3 is 0 Å². The average Bonchev–Trinajstić information content (AvgIpc) is 2.48. The Morgan fingerprint density at radius 1 is 1.14 bits per heavy atom. The molecule has 1 aromatic carbocycles. The van der Waals surface area contributed by atoms with E-state index < -0.39 is 5.92 Å². The van der Waals surface area contributed by atoms with E-state index in [0.29, 0.717) is 0 Å². The van der Waals surface area contributed by atoms with Gasteiger partial charge in [-0.05, 0) is 17.2 Å². The molecule has 0 radical (unpaired) electrons. The molecule has 21 heavy (non-hydrogen) atoms. The minimum atomic E-state index is -2.88. The summed E-state index contributed by atoms with van der Waals surface area (Å²) in [4.78, 5) is 4.03. The van der Waals surface area contributed by atoms with Crippen LogP contribution >= 0.6 is 11.9 Å². The first kappa shape index (κ1) is 15.9. The van der Waals surface area contributed by atoms with Gasteiger partial charge in [0.15, 0.2) is 0 Å². The van der Waals surface area contributed by atoms with Gasteiger partial charge in [0.05, 0.1) is 6.54 Å². The van der Waals surface area contributed by atoms with Crippen molar-refractivity contribution in [1.29, 1.82) is 0 Å². The highest BCUT2D eigenvalue weighted by atomic mass is 32.2. The monoisotopic (exact) mass is 308 g/mol. The topological polar surface area (TPSA) is 24.9 Å². The van der Waals surface area contributed by atoms with E-state index in [2.05, 4.69) is 9.71 Å². The molecule has 0 atom stereocenters. The van der Waals surface area contributed by atoms with E-state index in [1.165, 1.54) is 24.1 Å². The van der Waals surface area contributed by atoms with Crippen LogP contribution in [0.25, 0.3) is 11.1 Å². The van der Waals surface area contributed by atoms with Gasteiger partial charge in [-0.3, -0.25) is 9.71 Å². The predicted octanol–water partition coefficient (Wildman–Crippen LogP) is 4.49. The predicted molar refractivity (Wildman–Crippen MR) is 84.3 cm³/mol. The quantitative estimate of drug-likeness (QED) is 0.796. The zero-order chi connectivity index (χ0) is 15.3. The molecule has 0 saturated carbocycles. The van der Waals surface area contributed by atoms with Crippen molar-refractivity contribution in [3.63, 3.8) is 0 Å². The van der Waals surface area contributed by atoms with Crippen molar-refractivity contribution < 1.29 is 8.78 Å². The Morgan fingerprint density at radius 2 is 1.86 bits per heavy atom. The molecule has 1 aromatic heterocycles. The first-order valence-corrected chi connectivity index (χ1v) is 7.64. The van der Waals surface area contributed by atoms with Crippen LogP contribution in [0.5, 0.6) is 0 Å². The second kappa shape index (κ2) is 7.00. The first-order chi connectivity index (χ1) is 9.99. The number of hydrogen-bond donors (Lipinski definition) is 1. The van der Waals surface area contributed by atoms with Crippen LogP contribution in [-0.4, -0.2) is 16.8 Å². The molecule has 112 valence electrons. The largest absolute Gasteiger partial charge is 0.286 e. The molecule has 0 fully saturated rings.